The van der Waals surface area contributed by atoms with E-state index in [1.165, 1.54) is 12.1 Å². The van der Waals surface area contributed by atoms with Crippen LogP contribution in [0.2, 0.25) is 0 Å². The predicted octanol–water partition coefficient (Wildman–Crippen LogP) is 4.58. The maximum absolute atomic E-state index is 12.6. The number of nitrogens with one attached hydrogen (secondary N) is 2. The molecule has 0 bridgehead atoms. The number of benzene rings is 2. The number of ether oxygens (including phenoxy) is 1. The number of hydrogen-bond acceptors (Lipinski definition) is 5. The summed E-state index contributed by atoms with van der Waals surface area (Å²) in [6, 6.07) is 9.49. The van der Waals surface area contributed by atoms with Crippen molar-refractivity contribution in [3.8, 4) is 5.75 Å². The Morgan fingerprint density at radius 2 is 2.04 bits per heavy atom. The van der Waals surface area contributed by atoms with Crippen LogP contribution in [0.3, 0.4) is 0 Å². The molecule has 1 amide bonds. The lowest BCUT2D eigenvalue weighted by Crippen LogP contribution is -2.34. The number of rotatable bonds is 6. The predicted molar refractivity (Wildman–Crippen MR) is 111 cm³/mol. The van der Waals surface area contributed by atoms with Gasteiger partial charge in [-0.05, 0) is 55.4 Å². The number of hydrogen-bond donors (Lipinski definition) is 2. The average molecular weight is 452 g/mol. The fourth-order valence-corrected chi connectivity index (χ4v) is 2.81. The molecule has 0 spiro atoms. The summed E-state index contributed by atoms with van der Waals surface area (Å²) >= 11 is 8.53. The van der Waals surface area contributed by atoms with Crippen molar-refractivity contribution in [2.45, 2.75) is 20.3 Å². The second kappa shape index (κ2) is 9.43. The van der Waals surface area contributed by atoms with Crippen molar-refractivity contribution in [2.75, 3.05) is 11.9 Å². The normalized spacial score (nSPS) is 10.2. The first-order chi connectivity index (χ1) is 12.8. The van der Waals surface area contributed by atoms with Gasteiger partial charge in [-0.15, -0.1) is 0 Å². The number of nitro groups is 1. The number of carbonyl (C=O) groups is 1. The minimum absolute atomic E-state index is 0.0140. The smallest absolute Gasteiger partial charge is 0.269 e. The van der Waals surface area contributed by atoms with E-state index >= 15 is 0 Å². The first-order valence-electron chi connectivity index (χ1n) is 8.11. The number of halogens is 1. The Morgan fingerprint density at radius 1 is 1.30 bits per heavy atom. The lowest BCUT2D eigenvalue weighted by atomic mass is 10.2. The molecule has 0 unspecified atom stereocenters. The van der Waals surface area contributed by atoms with E-state index in [1.54, 1.807) is 31.2 Å². The lowest BCUT2D eigenvalue weighted by Gasteiger charge is -2.14. The number of anilines is 1. The van der Waals surface area contributed by atoms with E-state index in [2.05, 4.69) is 26.6 Å². The molecule has 2 aromatic rings. The second-order valence-electron chi connectivity index (χ2n) is 5.65. The van der Waals surface area contributed by atoms with Crippen LogP contribution in [0, 0.1) is 17.0 Å². The van der Waals surface area contributed by atoms with Gasteiger partial charge in [0.15, 0.2) is 5.11 Å². The zero-order valence-electron chi connectivity index (χ0n) is 14.7. The highest BCUT2D eigenvalue weighted by molar-refractivity contribution is 9.10. The van der Waals surface area contributed by atoms with Crippen molar-refractivity contribution in [1.82, 2.24) is 5.32 Å². The Morgan fingerprint density at radius 3 is 2.67 bits per heavy atom. The summed E-state index contributed by atoms with van der Waals surface area (Å²) in [6.45, 7) is 4.18. The van der Waals surface area contributed by atoms with Crippen LogP contribution in [0.4, 0.5) is 11.4 Å². The molecule has 0 aliphatic carbocycles. The van der Waals surface area contributed by atoms with E-state index in [0.717, 1.165) is 10.9 Å². The quantitative estimate of drug-likeness (QED) is 0.379. The SMILES string of the molecule is CCCOc1ccc(Br)cc1C(=O)NC(=S)Nc1ccc([N+](=O)[O-])cc1C. The maximum atomic E-state index is 12.6. The van der Waals surface area contributed by atoms with Gasteiger partial charge < -0.3 is 10.1 Å². The maximum Gasteiger partial charge on any atom is 0.269 e. The molecule has 9 heteroatoms. The highest BCUT2D eigenvalue weighted by atomic mass is 79.9. The van der Waals surface area contributed by atoms with Gasteiger partial charge in [-0.1, -0.05) is 22.9 Å². The Balaban J connectivity index is 2.11. The van der Waals surface area contributed by atoms with Gasteiger partial charge in [0.2, 0.25) is 0 Å². The van der Waals surface area contributed by atoms with Crippen molar-refractivity contribution in [1.29, 1.82) is 0 Å². The van der Waals surface area contributed by atoms with E-state index < -0.39 is 10.8 Å². The number of nitrogens with zero attached hydrogens (tertiary/aromatic N) is 1. The zero-order valence-corrected chi connectivity index (χ0v) is 17.1. The number of aryl methyl sites for hydroxylation is 1. The minimum Gasteiger partial charge on any atom is -0.493 e. The van der Waals surface area contributed by atoms with Gasteiger partial charge >= 0.3 is 0 Å². The van der Waals surface area contributed by atoms with Crippen LogP contribution in [0.5, 0.6) is 5.75 Å². The summed E-state index contributed by atoms with van der Waals surface area (Å²) in [6.07, 6.45) is 0.816. The lowest BCUT2D eigenvalue weighted by molar-refractivity contribution is -0.384. The summed E-state index contributed by atoms with van der Waals surface area (Å²) in [7, 11) is 0. The molecular formula is C18H18BrN3O4S. The number of thiocarbonyl (C=S) groups is 1. The highest BCUT2D eigenvalue weighted by Gasteiger charge is 2.16. The first-order valence-corrected chi connectivity index (χ1v) is 9.31. The average Bonchev–Trinajstić information content (AvgIpc) is 2.62. The second-order valence-corrected chi connectivity index (χ2v) is 6.98. The Bertz CT molecular complexity index is 889. The first kappa shape index (κ1) is 20.8. The fraction of sp³-hybridized carbons (Fsp3) is 0.222. The van der Waals surface area contributed by atoms with Crippen LogP contribution >= 0.6 is 28.1 Å². The molecule has 7 nitrogen and oxygen atoms in total. The third kappa shape index (κ3) is 5.73. The van der Waals surface area contributed by atoms with Crippen LogP contribution in [-0.2, 0) is 0 Å². The van der Waals surface area contributed by atoms with Crippen LogP contribution in [-0.4, -0.2) is 22.5 Å². The number of non-ortho nitro benzene ring substituents is 1. The zero-order chi connectivity index (χ0) is 20.0. The Labute approximate surface area is 170 Å². The van der Waals surface area contributed by atoms with Crippen LogP contribution in [0.25, 0.3) is 0 Å². The van der Waals surface area contributed by atoms with Crippen molar-refractivity contribution in [2.24, 2.45) is 0 Å². The molecule has 0 aliphatic rings. The summed E-state index contributed by atoms with van der Waals surface area (Å²) in [5.74, 6) is 0.0475. The third-order valence-electron chi connectivity index (χ3n) is 3.54. The molecule has 0 fully saturated rings. The molecule has 2 aromatic carbocycles. The van der Waals surface area contributed by atoms with Crippen molar-refractivity contribution < 1.29 is 14.5 Å². The molecule has 2 rings (SSSR count). The van der Waals surface area contributed by atoms with Crippen molar-refractivity contribution >= 4 is 50.5 Å². The van der Waals surface area contributed by atoms with Gasteiger partial charge in [-0.2, -0.15) is 0 Å². The van der Waals surface area contributed by atoms with E-state index in [0.29, 0.717) is 29.2 Å². The molecular weight excluding hydrogens is 434 g/mol. The molecule has 142 valence electrons. The Kier molecular flexibility index (Phi) is 7.26. The molecule has 0 aliphatic heterocycles. The summed E-state index contributed by atoms with van der Waals surface area (Å²) in [5, 5.41) is 16.4. The standard InChI is InChI=1S/C18H18BrN3O4S/c1-3-8-26-16-7-4-12(19)10-14(16)17(23)21-18(27)20-15-6-5-13(22(24)25)9-11(15)2/h4-7,9-10H,3,8H2,1-2H3,(H2,20,21,23,27). The van der Waals surface area contributed by atoms with Crippen LogP contribution in [0.1, 0.15) is 29.3 Å². The summed E-state index contributed by atoms with van der Waals surface area (Å²) < 4.78 is 6.35. The fourth-order valence-electron chi connectivity index (χ4n) is 2.24. The molecule has 0 radical (unpaired) electrons. The molecule has 0 heterocycles. The van der Waals surface area contributed by atoms with Crippen LogP contribution in [0.15, 0.2) is 40.9 Å². The molecule has 0 aromatic heterocycles. The molecule has 0 saturated heterocycles. The summed E-state index contributed by atoms with van der Waals surface area (Å²) in [4.78, 5) is 22.9. The van der Waals surface area contributed by atoms with Crippen molar-refractivity contribution in [3.63, 3.8) is 0 Å². The van der Waals surface area contributed by atoms with E-state index in [-0.39, 0.29) is 10.8 Å². The largest absolute Gasteiger partial charge is 0.493 e. The van der Waals surface area contributed by atoms with Gasteiger partial charge in [0.25, 0.3) is 11.6 Å². The van der Waals surface area contributed by atoms with Gasteiger partial charge in [0.05, 0.1) is 17.1 Å². The third-order valence-corrected chi connectivity index (χ3v) is 4.24. The van der Waals surface area contributed by atoms with E-state index in [1.807, 2.05) is 6.92 Å². The number of carbonyl (C=O) groups excluding carboxylic acids is 1. The summed E-state index contributed by atoms with van der Waals surface area (Å²) in [5.41, 5.74) is 1.54. The molecule has 27 heavy (non-hydrogen) atoms. The monoisotopic (exact) mass is 451 g/mol. The highest BCUT2D eigenvalue weighted by Crippen LogP contribution is 2.24. The minimum atomic E-state index is -0.470. The molecule has 0 saturated carbocycles. The van der Waals surface area contributed by atoms with Crippen LogP contribution < -0.4 is 15.4 Å². The topological polar surface area (TPSA) is 93.5 Å². The number of amides is 1. The molecule has 2 N–H and O–H groups in total. The van der Waals surface area contributed by atoms with Crippen molar-refractivity contribution in [3.05, 3.63) is 62.1 Å². The van der Waals surface area contributed by atoms with E-state index in [4.69, 9.17) is 17.0 Å². The Hall–Kier alpha value is -2.52. The van der Waals surface area contributed by atoms with Gasteiger partial charge in [0.1, 0.15) is 5.75 Å². The van der Waals surface area contributed by atoms with Gasteiger partial charge in [-0.25, -0.2) is 0 Å². The van der Waals surface area contributed by atoms with Gasteiger partial charge in [0, 0.05) is 22.3 Å². The van der Waals surface area contributed by atoms with E-state index in [9.17, 15) is 14.9 Å². The molecule has 0 atom stereocenters. The van der Waals surface area contributed by atoms with Gasteiger partial charge in [-0.3, -0.25) is 20.2 Å². The number of nitro benzene ring substituents is 1.